The largest absolute Gasteiger partial charge is 0.377 e. The van der Waals surface area contributed by atoms with E-state index in [0.717, 1.165) is 35.5 Å². The van der Waals surface area contributed by atoms with Crippen molar-refractivity contribution in [3.63, 3.8) is 0 Å². The zero-order chi connectivity index (χ0) is 20.3. The molecule has 6 heteroatoms. The molecule has 0 amide bonds. The number of likely N-dealkylation sites (tertiary alicyclic amines) is 1. The number of piperidine rings is 1. The van der Waals surface area contributed by atoms with E-state index in [1.165, 1.54) is 61.8 Å². The molecule has 0 bridgehead atoms. The number of aromatic nitrogens is 2. The number of rotatable bonds is 6. The predicted octanol–water partition coefficient (Wildman–Crippen LogP) is 4.82. The standard InChI is InChI=1S/C24H30N4OS/c1-29-16-21-25-23(28-13-9-18(10-14-28)15-27-11-5-6-12-27)22-20(17-30-24(22)26-21)19-7-3-2-4-8-19/h2-4,7-8,17-18H,5-6,9-16H2,1H3. The lowest BCUT2D eigenvalue weighted by atomic mass is 9.96. The molecule has 2 aliphatic heterocycles. The lowest BCUT2D eigenvalue weighted by Crippen LogP contribution is -2.38. The van der Waals surface area contributed by atoms with Crippen molar-refractivity contribution in [1.29, 1.82) is 0 Å². The monoisotopic (exact) mass is 422 g/mol. The number of nitrogens with zero attached hydrogens (tertiary/aromatic N) is 4. The van der Waals surface area contributed by atoms with Gasteiger partial charge in [0.15, 0.2) is 5.82 Å². The summed E-state index contributed by atoms with van der Waals surface area (Å²) in [6.07, 6.45) is 5.24. The third-order valence-corrected chi connectivity index (χ3v) is 7.32. The van der Waals surface area contributed by atoms with Gasteiger partial charge in [-0.3, -0.25) is 0 Å². The van der Waals surface area contributed by atoms with Gasteiger partial charge in [0, 0.05) is 37.7 Å². The average molecular weight is 423 g/mol. The third kappa shape index (κ3) is 4.09. The molecule has 3 aromatic rings. The molecule has 1 aromatic carbocycles. The van der Waals surface area contributed by atoms with Crippen LogP contribution in [0.2, 0.25) is 0 Å². The Morgan fingerprint density at radius 1 is 1.03 bits per heavy atom. The van der Waals surface area contributed by atoms with Crippen LogP contribution in [0.5, 0.6) is 0 Å². The van der Waals surface area contributed by atoms with Crippen LogP contribution in [0.25, 0.3) is 21.3 Å². The number of methoxy groups -OCH3 is 1. The van der Waals surface area contributed by atoms with Gasteiger partial charge in [-0.05, 0) is 50.3 Å². The van der Waals surface area contributed by atoms with E-state index in [-0.39, 0.29) is 0 Å². The number of hydrogen-bond acceptors (Lipinski definition) is 6. The third-order valence-electron chi connectivity index (χ3n) is 6.45. The van der Waals surface area contributed by atoms with Crippen LogP contribution < -0.4 is 4.90 Å². The minimum Gasteiger partial charge on any atom is -0.377 e. The molecule has 2 fully saturated rings. The second kappa shape index (κ2) is 9.00. The quantitative estimate of drug-likeness (QED) is 0.570. The Bertz CT molecular complexity index is 976. The minimum atomic E-state index is 0.451. The zero-order valence-electron chi connectivity index (χ0n) is 17.7. The van der Waals surface area contributed by atoms with Crippen LogP contribution in [-0.2, 0) is 11.3 Å². The molecule has 0 unspecified atom stereocenters. The SMILES string of the molecule is COCc1nc(N2CCC(CN3CCCC3)CC2)c2c(-c3ccccc3)csc2n1. The maximum Gasteiger partial charge on any atom is 0.158 e. The maximum atomic E-state index is 5.36. The highest BCUT2D eigenvalue weighted by molar-refractivity contribution is 7.17. The molecule has 0 aliphatic carbocycles. The molecule has 0 radical (unpaired) electrons. The summed E-state index contributed by atoms with van der Waals surface area (Å²) in [6.45, 7) is 6.45. The van der Waals surface area contributed by atoms with Gasteiger partial charge in [0.05, 0.1) is 5.39 Å². The lowest BCUT2D eigenvalue weighted by Gasteiger charge is -2.35. The Kier molecular flexibility index (Phi) is 5.97. The highest BCUT2D eigenvalue weighted by Gasteiger charge is 2.26. The van der Waals surface area contributed by atoms with Gasteiger partial charge in [-0.25, -0.2) is 9.97 Å². The van der Waals surface area contributed by atoms with Crippen LogP contribution in [0, 0.1) is 5.92 Å². The van der Waals surface area contributed by atoms with Gasteiger partial charge in [-0.1, -0.05) is 30.3 Å². The lowest BCUT2D eigenvalue weighted by molar-refractivity contribution is 0.178. The van der Waals surface area contributed by atoms with Gasteiger partial charge in [-0.2, -0.15) is 0 Å². The van der Waals surface area contributed by atoms with E-state index in [4.69, 9.17) is 14.7 Å². The predicted molar refractivity (Wildman–Crippen MR) is 124 cm³/mol. The average Bonchev–Trinajstić information content (AvgIpc) is 3.45. The summed E-state index contributed by atoms with van der Waals surface area (Å²) >= 11 is 1.71. The van der Waals surface area contributed by atoms with Crippen molar-refractivity contribution in [2.45, 2.75) is 32.3 Å². The van der Waals surface area contributed by atoms with E-state index in [9.17, 15) is 0 Å². The first-order valence-corrected chi connectivity index (χ1v) is 12.0. The Labute approximate surface area is 182 Å². The molecule has 4 heterocycles. The second-order valence-electron chi connectivity index (χ2n) is 8.53. The van der Waals surface area contributed by atoms with E-state index in [2.05, 4.69) is 45.5 Å². The van der Waals surface area contributed by atoms with Gasteiger partial charge in [-0.15, -0.1) is 11.3 Å². The van der Waals surface area contributed by atoms with Crippen molar-refractivity contribution < 1.29 is 4.74 Å². The number of hydrogen-bond donors (Lipinski definition) is 0. The van der Waals surface area contributed by atoms with Crippen LogP contribution in [-0.4, -0.2) is 54.7 Å². The van der Waals surface area contributed by atoms with Crippen LogP contribution in [0.15, 0.2) is 35.7 Å². The Morgan fingerprint density at radius 3 is 2.53 bits per heavy atom. The van der Waals surface area contributed by atoms with Gasteiger partial charge in [0.1, 0.15) is 17.3 Å². The van der Waals surface area contributed by atoms with E-state index in [0.29, 0.717) is 6.61 Å². The van der Waals surface area contributed by atoms with Crippen molar-refractivity contribution in [2.75, 3.05) is 44.7 Å². The molecule has 2 aromatic heterocycles. The minimum absolute atomic E-state index is 0.451. The maximum absolute atomic E-state index is 5.36. The molecule has 158 valence electrons. The molecule has 0 atom stereocenters. The topological polar surface area (TPSA) is 41.5 Å². The van der Waals surface area contributed by atoms with Gasteiger partial charge >= 0.3 is 0 Å². The molecule has 2 aliphatic rings. The van der Waals surface area contributed by atoms with Gasteiger partial charge in [0.2, 0.25) is 0 Å². The normalized spacial score (nSPS) is 18.5. The van der Waals surface area contributed by atoms with Crippen LogP contribution in [0.1, 0.15) is 31.5 Å². The van der Waals surface area contributed by atoms with Gasteiger partial charge < -0.3 is 14.5 Å². The van der Waals surface area contributed by atoms with Crippen molar-refractivity contribution in [2.24, 2.45) is 5.92 Å². The first-order valence-electron chi connectivity index (χ1n) is 11.1. The first kappa shape index (κ1) is 19.9. The van der Waals surface area contributed by atoms with Crippen LogP contribution in [0.3, 0.4) is 0 Å². The van der Waals surface area contributed by atoms with Crippen molar-refractivity contribution in [1.82, 2.24) is 14.9 Å². The summed E-state index contributed by atoms with van der Waals surface area (Å²) < 4.78 is 5.36. The summed E-state index contributed by atoms with van der Waals surface area (Å²) in [4.78, 5) is 16.0. The number of benzene rings is 1. The number of thiophene rings is 1. The fourth-order valence-corrected chi connectivity index (χ4v) is 5.84. The van der Waals surface area contributed by atoms with Crippen LogP contribution >= 0.6 is 11.3 Å². The van der Waals surface area contributed by atoms with Crippen molar-refractivity contribution in [3.05, 3.63) is 41.5 Å². The highest BCUT2D eigenvalue weighted by atomic mass is 32.1. The molecule has 0 saturated carbocycles. The molecule has 2 saturated heterocycles. The summed E-state index contributed by atoms with van der Waals surface area (Å²) in [6, 6.07) is 10.6. The van der Waals surface area contributed by atoms with Gasteiger partial charge in [0.25, 0.3) is 0 Å². The molecule has 30 heavy (non-hydrogen) atoms. The van der Waals surface area contributed by atoms with Crippen LogP contribution in [0.4, 0.5) is 5.82 Å². The Morgan fingerprint density at radius 2 is 1.80 bits per heavy atom. The zero-order valence-corrected chi connectivity index (χ0v) is 18.5. The summed E-state index contributed by atoms with van der Waals surface area (Å²) in [5.41, 5.74) is 2.48. The fourth-order valence-electron chi connectivity index (χ4n) is 4.88. The molecule has 0 N–H and O–H groups in total. The van der Waals surface area contributed by atoms with E-state index in [1.54, 1.807) is 18.4 Å². The van der Waals surface area contributed by atoms with E-state index >= 15 is 0 Å². The first-order chi connectivity index (χ1) is 14.8. The molecular formula is C24H30N4OS. The highest BCUT2D eigenvalue weighted by Crippen LogP contribution is 2.39. The fraction of sp³-hybridized carbons (Fsp3) is 0.500. The molecular weight excluding hydrogens is 392 g/mol. The van der Waals surface area contributed by atoms with E-state index < -0.39 is 0 Å². The summed E-state index contributed by atoms with van der Waals surface area (Å²) in [5.74, 6) is 2.68. The number of fused-ring (bicyclic) bond motifs is 1. The smallest absolute Gasteiger partial charge is 0.158 e. The number of ether oxygens (including phenoxy) is 1. The molecule has 0 spiro atoms. The van der Waals surface area contributed by atoms with E-state index in [1.807, 2.05) is 0 Å². The molecule has 5 nitrogen and oxygen atoms in total. The van der Waals surface area contributed by atoms with Crippen molar-refractivity contribution in [3.8, 4) is 11.1 Å². The Hall–Kier alpha value is -2.02. The summed E-state index contributed by atoms with van der Waals surface area (Å²) in [7, 11) is 1.71. The molecule has 5 rings (SSSR count). The number of anilines is 1. The Balaban J connectivity index is 1.44. The van der Waals surface area contributed by atoms with Crippen molar-refractivity contribution >= 4 is 27.4 Å². The summed E-state index contributed by atoms with van der Waals surface area (Å²) in [5, 5.41) is 3.43. The second-order valence-corrected chi connectivity index (χ2v) is 9.39.